The maximum absolute atomic E-state index is 11.1. The predicted octanol–water partition coefficient (Wildman–Crippen LogP) is 0.207. The molecule has 2 aromatic rings. The molecule has 0 aliphatic heterocycles. The molecule has 2 rings (SSSR count). The number of nitrogens with one attached hydrogen (secondary N) is 1. The molecule has 0 aliphatic carbocycles. The minimum absolute atomic E-state index is 0.0236. The summed E-state index contributed by atoms with van der Waals surface area (Å²) in [5.74, 6) is -1.64. The first-order chi connectivity index (χ1) is 10.1. The van der Waals surface area contributed by atoms with Crippen LogP contribution in [0.4, 0.5) is 0 Å². The second-order valence-corrected chi connectivity index (χ2v) is 4.44. The van der Waals surface area contributed by atoms with Crippen molar-refractivity contribution in [1.82, 2.24) is 15.1 Å². The van der Waals surface area contributed by atoms with Crippen LogP contribution in [-0.2, 0) is 9.59 Å². The molecule has 0 unspecified atom stereocenters. The lowest BCUT2D eigenvalue weighted by atomic mass is 10.1. The van der Waals surface area contributed by atoms with Crippen molar-refractivity contribution < 1.29 is 14.7 Å². The van der Waals surface area contributed by atoms with Crippen molar-refractivity contribution in [1.29, 1.82) is 0 Å². The molecule has 4 N–H and O–H groups in total. The van der Waals surface area contributed by atoms with Gasteiger partial charge in [0, 0.05) is 12.0 Å². The maximum Gasteiger partial charge on any atom is 0.327 e. The van der Waals surface area contributed by atoms with Crippen LogP contribution < -0.4 is 11.2 Å². The van der Waals surface area contributed by atoms with Crippen LogP contribution in [0.25, 0.3) is 11.3 Å². The number of carboxylic acids is 1. The molecule has 0 fully saturated rings. The topological polar surface area (TPSA) is 123 Å². The normalized spacial score (nSPS) is 11.8. The van der Waals surface area contributed by atoms with Gasteiger partial charge in [-0.05, 0) is 11.6 Å². The van der Waals surface area contributed by atoms with Crippen molar-refractivity contribution in [2.24, 2.45) is 5.73 Å². The average Bonchev–Trinajstić information content (AvgIpc) is 2.92. The molecule has 8 nitrogen and oxygen atoms in total. The van der Waals surface area contributed by atoms with Crippen LogP contribution in [0.3, 0.4) is 0 Å². The Hall–Kier alpha value is -2.90. The highest BCUT2D eigenvalue weighted by molar-refractivity contribution is 5.78. The van der Waals surface area contributed by atoms with Gasteiger partial charge in [0.25, 0.3) is 0 Å². The van der Waals surface area contributed by atoms with Crippen LogP contribution in [0.15, 0.2) is 36.5 Å². The molecule has 8 heteroatoms. The molecule has 0 radical (unpaired) electrons. The number of nitrogens with zero attached hydrogens (tertiary/aromatic N) is 3. The summed E-state index contributed by atoms with van der Waals surface area (Å²) < 4.78 is 0. The zero-order chi connectivity index (χ0) is 15.2. The molecule has 0 aliphatic rings. The molecular formula is C13H15N5O3. The number of carboxylic acid groups (broad SMARTS) is 1. The Balaban J connectivity index is 2.06. The number of primary amides is 1. The molecule has 1 amide bonds. The van der Waals surface area contributed by atoms with Gasteiger partial charge in [0.2, 0.25) is 5.91 Å². The van der Waals surface area contributed by atoms with E-state index in [1.807, 2.05) is 30.3 Å². The van der Waals surface area contributed by atoms with Crippen LogP contribution in [0.2, 0.25) is 0 Å². The lowest BCUT2D eigenvalue weighted by molar-refractivity contribution is -0.138. The maximum atomic E-state index is 11.1. The number of hydrogen-bond donors (Lipinski definition) is 3. The lowest BCUT2D eigenvalue weighted by Gasteiger charge is -2.13. The van der Waals surface area contributed by atoms with Gasteiger partial charge in [0.15, 0.2) is 0 Å². The smallest absolute Gasteiger partial charge is 0.327 e. The first kappa shape index (κ1) is 14.5. The molecule has 0 spiro atoms. The third kappa shape index (κ3) is 4.03. The third-order valence-electron chi connectivity index (χ3n) is 2.83. The molecule has 1 aromatic heterocycles. The quantitative estimate of drug-likeness (QED) is 0.669. The number of aliphatic carboxylic acids is 1. The van der Waals surface area contributed by atoms with Crippen LogP contribution >= 0.6 is 0 Å². The van der Waals surface area contributed by atoms with E-state index < -0.39 is 17.9 Å². The number of rotatable bonds is 7. The predicted molar refractivity (Wildman–Crippen MR) is 74.7 cm³/mol. The molecule has 0 saturated heterocycles. The van der Waals surface area contributed by atoms with Gasteiger partial charge in [-0.15, -0.1) is 5.10 Å². The van der Waals surface area contributed by atoms with E-state index in [-0.39, 0.29) is 12.8 Å². The summed E-state index contributed by atoms with van der Waals surface area (Å²) in [6.45, 7) is 0. The van der Waals surface area contributed by atoms with E-state index in [9.17, 15) is 9.59 Å². The molecular weight excluding hydrogens is 274 g/mol. The van der Waals surface area contributed by atoms with Crippen molar-refractivity contribution in [2.45, 2.75) is 18.9 Å². The van der Waals surface area contributed by atoms with E-state index in [4.69, 9.17) is 10.8 Å². The van der Waals surface area contributed by atoms with Gasteiger partial charge in [0.1, 0.15) is 11.7 Å². The highest BCUT2D eigenvalue weighted by atomic mass is 16.4. The number of aromatic nitrogens is 3. The zero-order valence-electron chi connectivity index (χ0n) is 11.1. The first-order valence-corrected chi connectivity index (χ1v) is 6.31. The third-order valence-corrected chi connectivity index (χ3v) is 2.83. The highest BCUT2D eigenvalue weighted by Gasteiger charge is 2.18. The van der Waals surface area contributed by atoms with Gasteiger partial charge in [-0.3, -0.25) is 10.2 Å². The molecule has 1 atom stereocenters. The first-order valence-electron chi connectivity index (χ1n) is 6.31. The molecule has 110 valence electrons. The van der Waals surface area contributed by atoms with Gasteiger partial charge < -0.3 is 10.8 Å². The summed E-state index contributed by atoms with van der Waals surface area (Å²) in [6, 6.07) is 8.40. The Morgan fingerprint density at radius 2 is 2.05 bits per heavy atom. The van der Waals surface area contributed by atoms with Crippen molar-refractivity contribution >= 4 is 11.9 Å². The standard InChI is InChI=1S/C13H15N5O3/c14-12(19)7-6-10(13(20)21)16-18-8-11(15-17-18)9-4-2-1-3-5-9/h1-5,8,10,16H,6-7H2,(H2,14,19)(H,20,21)/t10-/m0/s1. The number of carbonyl (C=O) groups is 2. The van der Waals surface area contributed by atoms with E-state index in [2.05, 4.69) is 15.7 Å². The van der Waals surface area contributed by atoms with E-state index in [1.54, 1.807) is 6.20 Å². The summed E-state index contributed by atoms with van der Waals surface area (Å²) in [4.78, 5) is 23.1. The van der Waals surface area contributed by atoms with Crippen LogP contribution in [0.1, 0.15) is 12.8 Å². The summed E-state index contributed by atoms with van der Waals surface area (Å²) in [5, 5.41) is 16.9. The number of amides is 1. The Labute approximate surface area is 120 Å². The van der Waals surface area contributed by atoms with E-state index >= 15 is 0 Å². The Bertz CT molecular complexity index is 626. The van der Waals surface area contributed by atoms with Gasteiger partial charge in [-0.25, -0.2) is 4.79 Å². The second-order valence-electron chi connectivity index (χ2n) is 4.44. The van der Waals surface area contributed by atoms with E-state index in [1.165, 1.54) is 4.79 Å². The van der Waals surface area contributed by atoms with Crippen LogP contribution in [0, 0.1) is 0 Å². The van der Waals surface area contributed by atoms with Gasteiger partial charge in [-0.2, -0.15) is 4.79 Å². The van der Waals surface area contributed by atoms with Crippen molar-refractivity contribution in [3.63, 3.8) is 0 Å². The fraction of sp³-hybridized carbons (Fsp3) is 0.231. The Morgan fingerprint density at radius 3 is 2.67 bits per heavy atom. The lowest BCUT2D eigenvalue weighted by Crippen LogP contribution is -2.36. The summed E-state index contributed by atoms with van der Waals surface area (Å²) in [5.41, 5.74) is 9.16. The largest absolute Gasteiger partial charge is 0.480 e. The monoisotopic (exact) mass is 289 g/mol. The molecule has 1 aromatic carbocycles. The van der Waals surface area contributed by atoms with E-state index in [0.29, 0.717) is 5.69 Å². The fourth-order valence-electron chi connectivity index (χ4n) is 1.76. The van der Waals surface area contributed by atoms with Crippen molar-refractivity contribution in [2.75, 3.05) is 5.43 Å². The summed E-state index contributed by atoms with van der Waals surface area (Å²) in [7, 11) is 0. The highest BCUT2D eigenvalue weighted by Crippen LogP contribution is 2.14. The van der Waals surface area contributed by atoms with Gasteiger partial charge in [0.05, 0.1) is 6.20 Å². The van der Waals surface area contributed by atoms with Crippen molar-refractivity contribution in [3.05, 3.63) is 36.5 Å². The molecule has 0 bridgehead atoms. The second kappa shape index (κ2) is 6.51. The zero-order valence-corrected chi connectivity index (χ0v) is 11.1. The van der Waals surface area contributed by atoms with Gasteiger partial charge >= 0.3 is 5.97 Å². The Kier molecular flexibility index (Phi) is 4.50. The molecule has 21 heavy (non-hydrogen) atoms. The summed E-state index contributed by atoms with van der Waals surface area (Å²) >= 11 is 0. The fourth-order valence-corrected chi connectivity index (χ4v) is 1.76. The average molecular weight is 289 g/mol. The number of carbonyl (C=O) groups excluding carboxylic acids is 1. The summed E-state index contributed by atoms with van der Waals surface area (Å²) in [6.07, 6.45) is 1.63. The number of nitrogens with two attached hydrogens (primary N) is 1. The minimum Gasteiger partial charge on any atom is -0.480 e. The van der Waals surface area contributed by atoms with Crippen LogP contribution in [0.5, 0.6) is 0 Å². The SMILES string of the molecule is NC(=O)CC[C@H](Nn1cc(-c2ccccc2)nn1)C(=O)O. The van der Waals surface area contributed by atoms with Crippen molar-refractivity contribution in [3.8, 4) is 11.3 Å². The molecule has 1 heterocycles. The van der Waals surface area contributed by atoms with E-state index in [0.717, 1.165) is 5.56 Å². The Morgan fingerprint density at radius 1 is 1.33 bits per heavy atom. The molecule has 0 saturated carbocycles. The number of hydrogen-bond acceptors (Lipinski definition) is 5. The van der Waals surface area contributed by atoms with Crippen LogP contribution in [-0.4, -0.2) is 38.1 Å². The van der Waals surface area contributed by atoms with Gasteiger partial charge in [-0.1, -0.05) is 30.3 Å². The number of benzene rings is 1. The minimum atomic E-state index is -1.09.